The Bertz CT molecular complexity index is 967. The summed E-state index contributed by atoms with van der Waals surface area (Å²) in [5, 5.41) is 9.72. The van der Waals surface area contributed by atoms with Crippen molar-refractivity contribution in [3.05, 3.63) is 64.7 Å². The third-order valence-electron chi connectivity index (χ3n) is 5.04. The summed E-state index contributed by atoms with van der Waals surface area (Å²) in [6.45, 7) is 1.66. The van der Waals surface area contributed by atoms with Gasteiger partial charge in [0.05, 0.1) is 33.5 Å². The van der Waals surface area contributed by atoms with E-state index in [1.807, 2.05) is 6.07 Å². The highest BCUT2D eigenvalue weighted by Gasteiger charge is 2.33. The van der Waals surface area contributed by atoms with E-state index in [1.165, 1.54) is 36.0 Å². The molecule has 164 valence electrons. The molecule has 2 aromatic rings. The van der Waals surface area contributed by atoms with E-state index in [1.54, 1.807) is 6.07 Å². The fourth-order valence-corrected chi connectivity index (χ4v) is 4.54. The lowest BCUT2D eigenvalue weighted by Crippen LogP contribution is -2.24. The van der Waals surface area contributed by atoms with Crippen LogP contribution in [0.1, 0.15) is 48.4 Å². The van der Waals surface area contributed by atoms with Crippen LogP contribution in [0.3, 0.4) is 0 Å². The van der Waals surface area contributed by atoms with E-state index in [4.69, 9.17) is 15.0 Å². The van der Waals surface area contributed by atoms with Crippen molar-refractivity contribution in [2.24, 2.45) is 4.99 Å². The van der Waals surface area contributed by atoms with Gasteiger partial charge in [-0.25, -0.2) is 4.39 Å². The van der Waals surface area contributed by atoms with Gasteiger partial charge in [0.2, 0.25) is 0 Å². The van der Waals surface area contributed by atoms with Gasteiger partial charge in [-0.05, 0) is 36.8 Å². The molecule has 0 amide bonds. The highest BCUT2D eigenvalue weighted by Crippen LogP contribution is 2.35. The number of rotatable bonds is 8. The first-order valence-electron chi connectivity index (χ1n) is 9.99. The van der Waals surface area contributed by atoms with Crippen LogP contribution in [0, 0.1) is 11.3 Å². The summed E-state index contributed by atoms with van der Waals surface area (Å²) in [5.41, 5.74) is 0.522. The molecule has 0 aromatic heterocycles. The molecule has 31 heavy (non-hydrogen) atoms. The number of unbranched alkanes of at least 4 members (excludes halogenated alkanes) is 1. The molecule has 8 heteroatoms. The lowest BCUT2D eigenvalue weighted by atomic mass is 10.1. The molecule has 2 unspecified atom stereocenters. The molecular formula is C23H22F4N2OS. The van der Waals surface area contributed by atoms with Gasteiger partial charge in [0.1, 0.15) is 19.0 Å². The van der Waals surface area contributed by atoms with Gasteiger partial charge < -0.3 is 4.74 Å². The van der Waals surface area contributed by atoms with E-state index in [-0.39, 0.29) is 22.4 Å². The second kappa shape index (κ2) is 10.2. The number of ether oxygens (including phenoxy) is 1. The second-order valence-corrected chi connectivity index (χ2v) is 8.48. The third kappa shape index (κ3) is 5.79. The minimum absolute atomic E-state index is 0.00619. The highest BCUT2D eigenvalue weighted by molar-refractivity contribution is 8.15. The van der Waals surface area contributed by atoms with Crippen LogP contribution in [0.25, 0.3) is 0 Å². The first-order valence-corrected chi connectivity index (χ1v) is 10.9. The summed E-state index contributed by atoms with van der Waals surface area (Å²) in [6.07, 6.45) is -1.53. The number of benzene rings is 2. The Hall–Kier alpha value is -2.53. The predicted octanol–water partition coefficient (Wildman–Crippen LogP) is 6.55. The molecule has 1 aliphatic heterocycles. The van der Waals surface area contributed by atoms with Crippen molar-refractivity contribution >= 4 is 16.8 Å². The number of halogens is 4. The maximum Gasteiger partial charge on any atom is 0.416 e. The Morgan fingerprint density at radius 1 is 1.16 bits per heavy atom. The Morgan fingerprint density at radius 3 is 2.52 bits per heavy atom. The van der Waals surface area contributed by atoms with Crippen LogP contribution < -0.4 is 4.74 Å². The number of aliphatic imine (C=N–C) groups is 1. The number of alkyl halides is 4. The van der Waals surface area contributed by atoms with Gasteiger partial charge in [0, 0.05) is 11.1 Å². The Labute approximate surface area is 183 Å². The minimum atomic E-state index is -4.37. The predicted molar refractivity (Wildman–Crippen MR) is 114 cm³/mol. The molecule has 0 N–H and O–H groups in total. The SMILES string of the molecule is CCCCC1N=C(c2ccc(C(F)(F)F)cc2)SC1COc1ccc(C#N)c(CF)c1. The molecule has 3 nitrogen and oxygen atoms in total. The smallest absolute Gasteiger partial charge is 0.416 e. The van der Waals surface area contributed by atoms with Gasteiger partial charge in [-0.15, -0.1) is 0 Å². The molecule has 3 rings (SSSR count). The summed E-state index contributed by atoms with van der Waals surface area (Å²) in [4.78, 5) is 4.76. The zero-order chi connectivity index (χ0) is 22.4. The maximum absolute atomic E-state index is 13.1. The fraction of sp³-hybridized carbons (Fsp3) is 0.391. The van der Waals surface area contributed by atoms with Gasteiger partial charge >= 0.3 is 6.18 Å². The zero-order valence-electron chi connectivity index (χ0n) is 17.0. The van der Waals surface area contributed by atoms with Gasteiger partial charge in [-0.1, -0.05) is 43.7 Å². The summed E-state index contributed by atoms with van der Waals surface area (Å²) in [6, 6.07) is 11.7. The molecule has 2 aromatic carbocycles. The van der Waals surface area contributed by atoms with E-state index in [0.29, 0.717) is 23.0 Å². The third-order valence-corrected chi connectivity index (χ3v) is 6.36. The van der Waals surface area contributed by atoms with E-state index in [9.17, 15) is 17.6 Å². The summed E-state index contributed by atoms with van der Waals surface area (Å²) in [7, 11) is 0. The molecule has 0 spiro atoms. The van der Waals surface area contributed by atoms with Crippen molar-refractivity contribution in [1.82, 2.24) is 0 Å². The molecule has 0 bridgehead atoms. The molecule has 0 saturated carbocycles. The number of nitriles is 1. The largest absolute Gasteiger partial charge is 0.492 e. The Balaban J connectivity index is 1.71. The number of hydrogen-bond donors (Lipinski definition) is 0. The van der Waals surface area contributed by atoms with Crippen LogP contribution in [0.2, 0.25) is 0 Å². The van der Waals surface area contributed by atoms with Crippen LogP contribution in [-0.4, -0.2) is 22.9 Å². The fourth-order valence-electron chi connectivity index (χ4n) is 3.30. The zero-order valence-corrected chi connectivity index (χ0v) is 17.8. The molecular weight excluding hydrogens is 428 g/mol. The van der Waals surface area contributed by atoms with Crippen LogP contribution >= 0.6 is 11.8 Å². The monoisotopic (exact) mass is 450 g/mol. The van der Waals surface area contributed by atoms with Crippen LogP contribution in [0.15, 0.2) is 47.5 Å². The van der Waals surface area contributed by atoms with Crippen LogP contribution in [-0.2, 0) is 12.9 Å². The van der Waals surface area contributed by atoms with Crippen molar-refractivity contribution in [3.63, 3.8) is 0 Å². The average molecular weight is 451 g/mol. The van der Waals surface area contributed by atoms with E-state index in [0.717, 1.165) is 31.4 Å². The van der Waals surface area contributed by atoms with Crippen molar-refractivity contribution in [2.75, 3.05) is 6.61 Å². The summed E-state index contributed by atoms with van der Waals surface area (Å²) in [5.74, 6) is 0.476. The van der Waals surface area contributed by atoms with E-state index in [2.05, 4.69) is 6.92 Å². The van der Waals surface area contributed by atoms with Crippen molar-refractivity contribution < 1.29 is 22.3 Å². The normalized spacial score (nSPS) is 18.5. The topological polar surface area (TPSA) is 45.4 Å². The molecule has 1 aliphatic rings. The standard InChI is InChI=1S/C23H22F4N2OS/c1-2-3-4-20-21(14-30-19-10-7-16(13-28)17(11-19)12-24)31-22(29-20)15-5-8-18(9-6-15)23(25,26)27/h5-11,20-21H,2-4,12,14H2,1H3. The van der Waals surface area contributed by atoms with Crippen molar-refractivity contribution in [3.8, 4) is 11.8 Å². The van der Waals surface area contributed by atoms with Crippen molar-refractivity contribution in [1.29, 1.82) is 5.26 Å². The molecule has 0 aliphatic carbocycles. The molecule has 1 heterocycles. The lowest BCUT2D eigenvalue weighted by molar-refractivity contribution is -0.137. The molecule has 0 fully saturated rings. The lowest BCUT2D eigenvalue weighted by Gasteiger charge is -2.18. The highest BCUT2D eigenvalue weighted by atomic mass is 32.2. The van der Waals surface area contributed by atoms with Gasteiger partial charge in [0.25, 0.3) is 0 Å². The molecule has 2 atom stereocenters. The maximum atomic E-state index is 13.1. The average Bonchev–Trinajstić information content (AvgIpc) is 3.18. The number of thioether (sulfide) groups is 1. The Morgan fingerprint density at radius 2 is 1.90 bits per heavy atom. The first-order chi connectivity index (χ1) is 14.9. The second-order valence-electron chi connectivity index (χ2n) is 7.25. The number of nitrogens with zero attached hydrogens (tertiary/aromatic N) is 2. The Kier molecular flexibility index (Phi) is 7.60. The van der Waals surface area contributed by atoms with Crippen LogP contribution in [0.4, 0.5) is 17.6 Å². The van der Waals surface area contributed by atoms with Crippen LogP contribution in [0.5, 0.6) is 5.75 Å². The van der Waals surface area contributed by atoms with Gasteiger partial charge in [-0.2, -0.15) is 18.4 Å². The van der Waals surface area contributed by atoms with E-state index >= 15 is 0 Å². The first kappa shape index (κ1) is 23.1. The van der Waals surface area contributed by atoms with Crippen molar-refractivity contribution in [2.45, 2.75) is 50.3 Å². The molecule has 0 radical (unpaired) electrons. The molecule has 0 saturated heterocycles. The summed E-state index contributed by atoms with van der Waals surface area (Å²) < 4.78 is 57.5. The number of hydrogen-bond acceptors (Lipinski definition) is 4. The van der Waals surface area contributed by atoms with Gasteiger partial charge in [0.15, 0.2) is 0 Å². The van der Waals surface area contributed by atoms with E-state index < -0.39 is 18.4 Å². The quantitative estimate of drug-likeness (QED) is 0.429. The minimum Gasteiger partial charge on any atom is -0.492 e. The summed E-state index contributed by atoms with van der Waals surface area (Å²) >= 11 is 1.49. The van der Waals surface area contributed by atoms with Gasteiger partial charge in [-0.3, -0.25) is 4.99 Å².